The number of para-hydroxylation sites is 1. The number of hydrogen-bond donors (Lipinski definition) is 0. The molecule has 1 nitrogen and oxygen atoms in total. The minimum Gasteiger partial charge on any atom is -0.333 e. The first kappa shape index (κ1) is 43.7. The summed E-state index contributed by atoms with van der Waals surface area (Å²) in [5.74, 6) is 0. The summed E-state index contributed by atoms with van der Waals surface area (Å²) < 4.78 is 0. The molecule has 0 radical (unpaired) electrons. The number of benzene rings is 10. The van der Waals surface area contributed by atoms with Gasteiger partial charge in [0.05, 0.1) is 11.5 Å². The average molecular weight is 885 g/mol. The van der Waals surface area contributed by atoms with Crippen LogP contribution in [0.2, 0.25) is 0 Å². The van der Waals surface area contributed by atoms with Crippen molar-refractivity contribution in [3.05, 3.63) is 257 Å². The highest BCUT2D eigenvalue weighted by atomic mass is 15.2. The van der Waals surface area contributed by atoms with Crippen molar-refractivity contribution in [3.8, 4) is 33.4 Å². The normalized spacial score (nSPS) is 14.8. The summed E-state index contributed by atoms with van der Waals surface area (Å²) in [5, 5.41) is 5.10. The predicted molar refractivity (Wildman–Crippen MR) is 321 cm³/mol. The van der Waals surface area contributed by atoms with Gasteiger partial charge in [-0.1, -0.05) is 245 Å². The molecule has 10 aromatic carbocycles. The summed E-state index contributed by atoms with van der Waals surface area (Å²) in [6.07, 6.45) is 0. The molecular formula is C62H50B7N. The fourth-order valence-corrected chi connectivity index (χ4v) is 12.9. The molecule has 10 aromatic rings. The van der Waals surface area contributed by atoms with Gasteiger partial charge in [0, 0.05) is 16.9 Å². The number of fused-ring (bicyclic) bond motifs is 5. The second-order valence-corrected chi connectivity index (χ2v) is 19.7. The van der Waals surface area contributed by atoms with Crippen LogP contribution in [0.25, 0.3) is 60.5 Å². The van der Waals surface area contributed by atoms with E-state index in [1.807, 2.05) is 0 Å². The summed E-state index contributed by atoms with van der Waals surface area (Å²) in [4.78, 5) is 2.75. The molecule has 0 bridgehead atoms. The maximum atomic E-state index is 2.75. The van der Waals surface area contributed by atoms with Crippen molar-refractivity contribution in [2.75, 3.05) is 4.90 Å². The van der Waals surface area contributed by atoms with Crippen LogP contribution in [0, 0.1) is 0 Å². The molecule has 0 aromatic heterocycles. The van der Waals surface area contributed by atoms with Gasteiger partial charge in [0.25, 0.3) is 0 Å². The van der Waals surface area contributed by atoms with Crippen molar-refractivity contribution in [1.29, 1.82) is 0 Å². The van der Waals surface area contributed by atoms with E-state index in [2.05, 4.69) is 272 Å². The fraction of sp³-hybridized carbons (Fsp3) is 0.0323. The van der Waals surface area contributed by atoms with E-state index < -0.39 is 5.41 Å². The van der Waals surface area contributed by atoms with Gasteiger partial charge in [-0.3, -0.25) is 0 Å². The summed E-state index contributed by atoms with van der Waals surface area (Å²) in [5.41, 5.74) is 26.7. The molecule has 0 aliphatic heterocycles. The van der Waals surface area contributed by atoms with Crippen LogP contribution >= 0.6 is 0 Å². The zero-order valence-corrected chi connectivity index (χ0v) is 41.2. The van der Waals surface area contributed by atoms with Gasteiger partial charge in [0.15, 0.2) is 0 Å². The minimum absolute atomic E-state index is 0.0495. The highest BCUT2D eigenvalue weighted by Crippen LogP contribution is 2.59. The van der Waals surface area contributed by atoms with Crippen molar-refractivity contribution >= 4 is 115 Å². The molecule has 70 heavy (non-hydrogen) atoms. The van der Waals surface area contributed by atoms with E-state index in [1.165, 1.54) is 138 Å². The third-order valence-corrected chi connectivity index (χ3v) is 16.3. The number of hydrogen-bond acceptors (Lipinski definition) is 1. The van der Waals surface area contributed by atoms with E-state index in [0.717, 1.165) is 0 Å². The lowest BCUT2D eigenvalue weighted by Gasteiger charge is -2.40. The van der Waals surface area contributed by atoms with Gasteiger partial charge in [0.1, 0.15) is 54.9 Å². The smallest absolute Gasteiger partial charge is 0.141 e. The Labute approximate surface area is 419 Å². The Morgan fingerprint density at radius 1 is 0.343 bits per heavy atom. The van der Waals surface area contributed by atoms with Crippen LogP contribution in [-0.2, 0) is 5.41 Å². The second-order valence-electron chi connectivity index (χ2n) is 19.7. The molecule has 2 aliphatic rings. The lowest BCUT2D eigenvalue weighted by molar-refractivity contribution is 0.768. The third kappa shape index (κ3) is 6.42. The maximum absolute atomic E-state index is 2.75. The number of nitrogens with zero attached hydrogens (tertiary/aromatic N) is 1. The summed E-state index contributed by atoms with van der Waals surface area (Å²) in [7, 11) is 16.6. The standard InChI is InChI=1S/C62H50B7N/c63-53-51(43-30-15-20-36-18-7-9-26-40(36)43)54(64)59(69)61(58(53)68)70(60-56(66)52(55(65)57(60)67)44-31-16-21-37-19-8-10-27-41(37)44)49-35-14-12-28-42(49)45-32-17-34-48-50(45)46-29-11-13-33-47(46)62(48,38-22-3-1-4-23-38)39-24-5-2-6-25-39/h1-35,60H,63-69H2. The van der Waals surface area contributed by atoms with E-state index >= 15 is 0 Å². The summed E-state index contributed by atoms with van der Waals surface area (Å²) in [6, 6.07) is 79.1. The largest absolute Gasteiger partial charge is 0.333 e. The summed E-state index contributed by atoms with van der Waals surface area (Å²) in [6.45, 7) is 0. The molecule has 324 valence electrons. The number of anilines is 2. The molecule has 0 N–H and O–H groups in total. The Morgan fingerprint density at radius 2 is 0.800 bits per heavy atom. The van der Waals surface area contributed by atoms with Crippen molar-refractivity contribution in [2.24, 2.45) is 0 Å². The SMILES string of the molecule is BC1=C(B)C(N(c2ccccc2-c2cccc3c2-c2ccccc2C3(c2ccccc2)c2ccccc2)c2c(B)c(B)c(-c3cccc4ccccc34)c(B)c2B)C(B)=C1c1cccc2ccccc12. The monoisotopic (exact) mass is 885 g/mol. The van der Waals surface area contributed by atoms with Crippen molar-refractivity contribution in [2.45, 2.75) is 11.5 Å². The number of allylic oxidation sites excluding steroid dienone is 2. The van der Waals surface area contributed by atoms with E-state index in [-0.39, 0.29) is 6.04 Å². The second kappa shape index (κ2) is 17.1. The molecule has 0 saturated heterocycles. The van der Waals surface area contributed by atoms with Gasteiger partial charge in [-0.25, -0.2) is 0 Å². The Morgan fingerprint density at radius 3 is 1.44 bits per heavy atom. The molecule has 2 aliphatic carbocycles. The van der Waals surface area contributed by atoms with Crippen LogP contribution in [0.5, 0.6) is 0 Å². The third-order valence-electron chi connectivity index (χ3n) is 16.3. The van der Waals surface area contributed by atoms with Crippen LogP contribution < -0.4 is 26.8 Å². The fourth-order valence-electron chi connectivity index (χ4n) is 12.9. The highest BCUT2D eigenvalue weighted by molar-refractivity contribution is 6.63. The highest BCUT2D eigenvalue weighted by Gasteiger charge is 2.47. The first-order valence-electron chi connectivity index (χ1n) is 24.9. The van der Waals surface area contributed by atoms with E-state index in [0.29, 0.717) is 0 Å². The van der Waals surface area contributed by atoms with Crippen LogP contribution in [0.3, 0.4) is 0 Å². The van der Waals surface area contributed by atoms with Crippen LogP contribution in [0.4, 0.5) is 11.4 Å². The molecule has 0 spiro atoms. The maximum Gasteiger partial charge on any atom is 0.141 e. The molecule has 0 heterocycles. The molecule has 0 fully saturated rings. The molecule has 1 unspecified atom stereocenters. The van der Waals surface area contributed by atoms with Crippen molar-refractivity contribution < 1.29 is 0 Å². The Balaban J connectivity index is 1.16. The van der Waals surface area contributed by atoms with E-state index in [1.54, 1.807) is 0 Å². The zero-order valence-electron chi connectivity index (χ0n) is 41.2. The van der Waals surface area contributed by atoms with Gasteiger partial charge in [-0.2, -0.15) is 0 Å². The molecule has 0 amide bonds. The van der Waals surface area contributed by atoms with Gasteiger partial charge in [-0.15, -0.1) is 0 Å². The number of rotatable bonds is 8. The molecule has 12 rings (SSSR count). The van der Waals surface area contributed by atoms with Gasteiger partial charge >= 0.3 is 0 Å². The van der Waals surface area contributed by atoms with Crippen LogP contribution in [0.1, 0.15) is 27.8 Å². The lowest BCUT2D eigenvalue weighted by atomic mass is 9.63. The molecule has 0 saturated carbocycles. The topological polar surface area (TPSA) is 3.24 Å². The molecule has 1 atom stereocenters. The van der Waals surface area contributed by atoms with Crippen LogP contribution in [-0.4, -0.2) is 61.0 Å². The van der Waals surface area contributed by atoms with E-state index in [9.17, 15) is 0 Å². The Bertz CT molecular complexity index is 3740. The van der Waals surface area contributed by atoms with E-state index in [4.69, 9.17) is 0 Å². The van der Waals surface area contributed by atoms with Crippen LogP contribution in [0.15, 0.2) is 229 Å². The molecule has 8 heteroatoms. The zero-order chi connectivity index (χ0) is 47.8. The lowest BCUT2D eigenvalue weighted by Crippen LogP contribution is -2.50. The molecular weight excluding hydrogens is 834 g/mol. The average Bonchev–Trinajstić information content (AvgIpc) is 3.83. The summed E-state index contributed by atoms with van der Waals surface area (Å²) >= 11 is 0. The quantitative estimate of drug-likeness (QED) is 0.176. The van der Waals surface area contributed by atoms with Gasteiger partial charge in [0.2, 0.25) is 0 Å². The van der Waals surface area contributed by atoms with Gasteiger partial charge in [-0.05, 0) is 88.8 Å². The predicted octanol–water partition coefficient (Wildman–Crippen LogP) is 5.77. The Hall–Kier alpha value is -7.55. The first-order valence-corrected chi connectivity index (χ1v) is 24.9. The minimum atomic E-state index is -0.507. The Kier molecular flexibility index (Phi) is 10.7. The van der Waals surface area contributed by atoms with Crippen molar-refractivity contribution in [1.82, 2.24) is 0 Å². The van der Waals surface area contributed by atoms with Crippen molar-refractivity contribution in [3.63, 3.8) is 0 Å². The first-order chi connectivity index (χ1) is 34.2. The van der Waals surface area contributed by atoms with Gasteiger partial charge < -0.3 is 4.90 Å².